The number of hydrogen-bond acceptors (Lipinski definition) is 5. The lowest BCUT2D eigenvalue weighted by Crippen LogP contribution is -2.58. The molecule has 0 saturated carbocycles. The first kappa shape index (κ1) is 11.6. The van der Waals surface area contributed by atoms with Crippen LogP contribution in [-0.4, -0.2) is 57.6 Å². The van der Waals surface area contributed by atoms with Crippen LogP contribution in [0, 0.1) is 0 Å². The molecule has 1 unspecified atom stereocenters. The van der Waals surface area contributed by atoms with Crippen molar-refractivity contribution in [2.24, 2.45) is 0 Å². The molecule has 0 aromatic heterocycles. The Hall–Kier alpha value is -0.460. The predicted octanol–water partition coefficient (Wildman–Crippen LogP) is -1.60. The standard InChI is InChI=1S/C9H16O5/c1-2-3-5-7(11)9(13)8(12)6(4-10)14-5/h2,5-13H,1,3-4H2/t5?,6-,7-,8-,9-/m1/s1. The van der Waals surface area contributed by atoms with E-state index in [1.54, 1.807) is 6.08 Å². The fourth-order valence-corrected chi connectivity index (χ4v) is 1.54. The molecule has 0 spiro atoms. The lowest BCUT2D eigenvalue weighted by Gasteiger charge is -2.39. The third-order valence-electron chi connectivity index (χ3n) is 2.39. The summed E-state index contributed by atoms with van der Waals surface area (Å²) in [5, 5.41) is 37.1. The Morgan fingerprint density at radius 1 is 1.07 bits per heavy atom. The zero-order chi connectivity index (χ0) is 10.7. The summed E-state index contributed by atoms with van der Waals surface area (Å²) in [5.74, 6) is 0. The summed E-state index contributed by atoms with van der Waals surface area (Å²) in [6, 6.07) is 0. The largest absolute Gasteiger partial charge is 0.394 e. The topological polar surface area (TPSA) is 90.2 Å². The van der Waals surface area contributed by atoms with E-state index in [9.17, 15) is 15.3 Å². The van der Waals surface area contributed by atoms with Crippen molar-refractivity contribution in [2.75, 3.05) is 6.61 Å². The molecule has 14 heavy (non-hydrogen) atoms. The first-order chi connectivity index (χ1) is 6.61. The maximum Gasteiger partial charge on any atom is 0.111 e. The Kier molecular flexibility index (Phi) is 4.03. The molecule has 4 N–H and O–H groups in total. The van der Waals surface area contributed by atoms with E-state index in [-0.39, 0.29) is 0 Å². The fourth-order valence-electron chi connectivity index (χ4n) is 1.54. The molecule has 1 fully saturated rings. The SMILES string of the molecule is C=CCC1O[C@H](CO)[C@@H](O)[C@H](O)[C@@H]1O. The van der Waals surface area contributed by atoms with Crippen LogP contribution in [0.15, 0.2) is 12.7 Å². The van der Waals surface area contributed by atoms with Gasteiger partial charge in [0.2, 0.25) is 0 Å². The van der Waals surface area contributed by atoms with Gasteiger partial charge < -0.3 is 25.2 Å². The Bertz CT molecular complexity index is 194. The minimum absolute atomic E-state index is 0.363. The average molecular weight is 204 g/mol. The van der Waals surface area contributed by atoms with Gasteiger partial charge in [-0.3, -0.25) is 0 Å². The molecule has 1 heterocycles. The smallest absolute Gasteiger partial charge is 0.111 e. The number of hydrogen-bond donors (Lipinski definition) is 4. The highest BCUT2D eigenvalue weighted by Crippen LogP contribution is 2.22. The van der Waals surface area contributed by atoms with Crippen LogP contribution < -0.4 is 0 Å². The van der Waals surface area contributed by atoms with Crippen molar-refractivity contribution >= 4 is 0 Å². The number of rotatable bonds is 3. The number of aliphatic hydroxyl groups is 4. The van der Waals surface area contributed by atoms with Gasteiger partial charge in [-0.15, -0.1) is 6.58 Å². The molecule has 1 aliphatic rings. The Morgan fingerprint density at radius 2 is 1.64 bits per heavy atom. The molecule has 0 bridgehead atoms. The van der Waals surface area contributed by atoms with E-state index < -0.39 is 37.1 Å². The summed E-state index contributed by atoms with van der Waals surface area (Å²) in [4.78, 5) is 0. The van der Waals surface area contributed by atoms with Crippen molar-refractivity contribution in [2.45, 2.75) is 36.9 Å². The quantitative estimate of drug-likeness (QED) is 0.416. The Balaban J connectivity index is 2.67. The molecule has 5 nitrogen and oxygen atoms in total. The van der Waals surface area contributed by atoms with Crippen molar-refractivity contribution in [1.29, 1.82) is 0 Å². The molecular formula is C9H16O5. The molecule has 5 atom stereocenters. The second-order valence-corrected chi connectivity index (χ2v) is 3.39. The lowest BCUT2D eigenvalue weighted by molar-refractivity contribution is -0.227. The van der Waals surface area contributed by atoms with Gasteiger partial charge in [0, 0.05) is 0 Å². The average Bonchev–Trinajstić information content (AvgIpc) is 2.19. The highest BCUT2D eigenvalue weighted by molar-refractivity contribution is 4.94. The van der Waals surface area contributed by atoms with Gasteiger partial charge in [-0.2, -0.15) is 0 Å². The number of ether oxygens (including phenoxy) is 1. The molecule has 82 valence electrons. The third-order valence-corrected chi connectivity index (χ3v) is 2.39. The van der Waals surface area contributed by atoms with E-state index in [2.05, 4.69) is 6.58 Å². The van der Waals surface area contributed by atoms with Crippen LogP contribution in [0.4, 0.5) is 0 Å². The maximum atomic E-state index is 9.49. The van der Waals surface area contributed by atoms with Gasteiger partial charge in [0.05, 0.1) is 12.7 Å². The van der Waals surface area contributed by atoms with E-state index >= 15 is 0 Å². The summed E-state index contributed by atoms with van der Waals surface area (Å²) in [6.45, 7) is 3.10. The second-order valence-electron chi connectivity index (χ2n) is 3.39. The molecule has 1 aliphatic heterocycles. The molecule has 1 rings (SSSR count). The highest BCUT2D eigenvalue weighted by Gasteiger charge is 2.42. The van der Waals surface area contributed by atoms with Crippen LogP contribution in [0.2, 0.25) is 0 Å². The molecular weight excluding hydrogens is 188 g/mol. The molecule has 0 aromatic carbocycles. The van der Waals surface area contributed by atoms with Crippen molar-refractivity contribution in [3.8, 4) is 0 Å². The first-order valence-electron chi connectivity index (χ1n) is 4.53. The summed E-state index contributed by atoms with van der Waals surface area (Å²) in [7, 11) is 0. The van der Waals surface area contributed by atoms with Gasteiger partial charge in [0.1, 0.15) is 24.4 Å². The van der Waals surface area contributed by atoms with Gasteiger partial charge in [-0.1, -0.05) is 6.08 Å². The van der Waals surface area contributed by atoms with E-state index in [0.29, 0.717) is 6.42 Å². The predicted molar refractivity (Wildman–Crippen MR) is 48.6 cm³/mol. The lowest BCUT2D eigenvalue weighted by atomic mass is 9.94. The maximum absolute atomic E-state index is 9.49. The fraction of sp³-hybridized carbons (Fsp3) is 0.778. The van der Waals surface area contributed by atoms with Crippen LogP contribution in [0.1, 0.15) is 6.42 Å². The van der Waals surface area contributed by atoms with Crippen LogP contribution in [0.3, 0.4) is 0 Å². The van der Waals surface area contributed by atoms with Crippen molar-refractivity contribution < 1.29 is 25.2 Å². The Labute approximate surface area is 82.3 Å². The monoisotopic (exact) mass is 204 g/mol. The van der Waals surface area contributed by atoms with E-state index in [1.807, 2.05) is 0 Å². The van der Waals surface area contributed by atoms with Gasteiger partial charge in [-0.25, -0.2) is 0 Å². The highest BCUT2D eigenvalue weighted by atomic mass is 16.5. The second kappa shape index (κ2) is 4.86. The van der Waals surface area contributed by atoms with Crippen molar-refractivity contribution in [3.05, 3.63) is 12.7 Å². The van der Waals surface area contributed by atoms with Gasteiger partial charge in [0.15, 0.2) is 0 Å². The van der Waals surface area contributed by atoms with E-state index in [0.717, 1.165) is 0 Å². The van der Waals surface area contributed by atoms with Crippen LogP contribution in [-0.2, 0) is 4.74 Å². The normalized spacial score (nSPS) is 43.6. The van der Waals surface area contributed by atoms with E-state index in [4.69, 9.17) is 9.84 Å². The number of aliphatic hydroxyl groups excluding tert-OH is 4. The summed E-state index contributed by atoms with van der Waals surface area (Å²) in [6.07, 6.45) is -3.25. The minimum atomic E-state index is -1.29. The summed E-state index contributed by atoms with van der Waals surface area (Å²) >= 11 is 0. The zero-order valence-electron chi connectivity index (χ0n) is 7.78. The molecule has 0 aliphatic carbocycles. The van der Waals surface area contributed by atoms with Crippen LogP contribution >= 0.6 is 0 Å². The molecule has 5 heteroatoms. The zero-order valence-corrected chi connectivity index (χ0v) is 7.78. The van der Waals surface area contributed by atoms with Crippen LogP contribution in [0.5, 0.6) is 0 Å². The Morgan fingerprint density at radius 3 is 2.14 bits per heavy atom. The van der Waals surface area contributed by atoms with Gasteiger partial charge in [0.25, 0.3) is 0 Å². The minimum Gasteiger partial charge on any atom is -0.394 e. The van der Waals surface area contributed by atoms with Crippen molar-refractivity contribution in [3.63, 3.8) is 0 Å². The third kappa shape index (κ3) is 2.13. The molecule has 0 amide bonds. The van der Waals surface area contributed by atoms with Crippen molar-refractivity contribution in [1.82, 2.24) is 0 Å². The van der Waals surface area contributed by atoms with E-state index in [1.165, 1.54) is 0 Å². The summed E-state index contributed by atoms with van der Waals surface area (Å²) < 4.78 is 5.19. The van der Waals surface area contributed by atoms with Gasteiger partial charge >= 0.3 is 0 Å². The first-order valence-corrected chi connectivity index (χ1v) is 4.53. The molecule has 1 saturated heterocycles. The van der Waals surface area contributed by atoms with Gasteiger partial charge in [-0.05, 0) is 6.42 Å². The van der Waals surface area contributed by atoms with Crippen LogP contribution in [0.25, 0.3) is 0 Å². The molecule has 0 aromatic rings. The summed E-state index contributed by atoms with van der Waals surface area (Å²) in [5.41, 5.74) is 0. The molecule has 0 radical (unpaired) electrons.